The van der Waals surface area contributed by atoms with E-state index < -0.39 is 13.0 Å². The number of hydrogen-bond donors (Lipinski definition) is 2. The highest BCUT2D eigenvalue weighted by molar-refractivity contribution is 5.94. The second kappa shape index (κ2) is 7.36. The van der Waals surface area contributed by atoms with Crippen LogP contribution in [0.4, 0.5) is 14.5 Å². The summed E-state index contributed by atoms with van der Waals surface area (Å²) < 4.78 is 29.5. The van der Waals surface area contributed by atoms with Gasteiger partial charge in [-0.25, -0.2) is 8.78 Å². The van der Waals surface area contributed by atoms with E-state index in [2.05, 4.69) is 10.6 Å². The van der Waals surface area contributed by atoms with E-state index in [0.29, 0.717) is 11.7 Å². The van der Waals surface area contributed by atoms with Gasteiger partial charge in [-0.3, -0.25) is 4.79 Å². The Morgan fingerprint density at radius 3 is 2.95 bits per heavy atom. The lowest BCUT2D eigenvalue weighted by Gasteiger charge is -2.27. The van der Waals surface area contributed by atoms with Gasteiger partial charge in [-0.1, -0.05) is 12.1 Å². The quantitative estimate of drug-likeness (QED) is 0.878. The zero-order valence-corrected chi connectivity index (χ0v) is 11.9. The standard InChI is InChI=1S/C15H20F2N2O2/c1-10-8-11(6-7-18-10)15(20)19-12-4-2-3-5-13(12)21-9-14(16)17/h2-5,10-11,14,18H,6-9H2,1H3,(H,19,20)/t10-,11-/m0/s1. The predicted octanol–water partition coefficient (Wildman–Crippen LogP) is 2.66. The number of alkyl halides is 2. The molecule has 2 rings (SSSR count). The minimum atomic E-state index is -2.54. The molecule has 6 heteroatoms. The molecule has 0 saturated carbocycles. The molecule has 4 nitrogen and oxygen atoms in total. The van der Waals surface area contributed by atoms with Gasteiger partial charge in [0.2, 0.25) is 5.91 Å². The number of para-hydroxylation sites is 2. The Bertz CT molecular complexity index is 482. The predicted molar refractivity (Wildman–Crippen MR) is 76.8 cm³/mol. The van der Waals surface area contributed by atoms with Crippen LogP contribution in [-0.4, -0.2) is 31.5 Å². The molecule has 0 aliphatic carbocycles. The maximum absolute atomic E-state index is 12.3. The average molecular weight is 298 g/mol. The van der Waals surface area contributed by atoms with E-state index >= 15 is 0 Å². The van der Waals surface area contributed by atoms with Crippen molar-refractivity contribution in [3.63, 3.8) is 0 Å². The number of amides is 1. The smallest absolute Gasteiger partial charge is 0.272 e. The summed E-state index contributed by atoms with van der Waals surface area (Å²) in [6, 6.07) is 6.95. The van der Waals surface area contributed by atoms with Crippen LogP contribution in [0.5, 0.6) is 5.75 Å². The van der Waals surface area contributed by atoms with E-state index in [1.54, 1.807) is 24.3 Å². The third-order valence-corrected chi connectivity index (χ3v) is 3.50. The first-order valence-corrected chi connectivity index (χ1v) is 7.10. The average Bonchev–Trinajstić information content (AvgIpc) is 2.46. The number of halogens is 2. The number of piperidine rings is 1. The number of benzene rings is 1. The van der Waals surface area contributed by atoms with Gasteiger partial charge in [0.25, 0.3) is 6.43 Å². The molecule has 0 bridgehead atoms. The van der Waals surface area contributed by atoms with Gasteiger partial charge in [0.1, 0.15) is 12.4 Å². The Kier molecular flexibility index (Phi) is 5.50. The number of anilines is 1. The van der Waals surface area contributed by atoms with Crippen LogP contribution in [0.1, 0.15) is 19.8 Å². The summed E-state index contributed by atoms with van der Waals surface area (Å²) in [6.07, 6.45) is -0.999. The van der Waals surface area contributed by atoms with Crippen LogP contribution >= 0.6 is 0 Å². The first-order valence-electron chi connectivity index (χ1n) is 7.10. The number of rotatable bonds is 5. The molecule has 1 saturated heterocycles. The van der Waals surface area contributed by atoms with Gasteiger partial charge >= 0.3 is 0 Å². The van der Waals surface area contributed by atoms with E-state index in [4.69, 9.17) is 4.74 Å². The van der Waals surface area contributed by atoms with E-state index in [9.17, 15) is 13.6 Å². The zero-order valence-electron chi connectivity index (χ0n) is 11.9. The molecule has 0 unspecified atom stereocenters. The molecule has 2 atom stereocenters. The summed E-state index contributed by atoms with van der Waals surface area (Å²) in [7, 11) is 0. The van der Waals surface area contributed by atoms with Crippen molar-refractivity contribution in [3.8, 4) is 5.75 Å². The van der Waals surface area contributed by atoms with Crippen LogP contribution < -0.4 is 15.4 Å². The normalized spacial score (nSPS) is 22.1. The van der Waals surface area contributed by atoms with Crippen LogP contribution in [0.25, 0.3) is 0 Å². The molecule has 0 radical (unpaired) electrons. The van der Waals surface area contributed by atoms with E-state index in [-0.39, 0.29) is 17.6 Å². The Hall–Kier alpha value is -1.69. The molecular formula is C15H20F2N2O2. The lowest BCUT2D eigenvalue weighted by Crippen LogP contribution is -2.40. The number of carbonyl (C=O) groups excluding carboxylic acids is 1. The van der Waals surface area contributed by atoms with Crippen molar-refractivity contribution in [1.82, 2.24) is 5.32 Å². The van der Waals surface area contributed by atoms with Gasteiger partial charge in [-0.15, -0.1) is 0 Å². The monoisotopic (exact) mass is 298 g/mol. The van der Waals surface area contributed by atoms with Crippen molar-refractivity contribution in [2.75, 3.05) is 18.5 Å². The SMILES string of the molecule is C[C@H]1C[C@@H](C(=O)Nc2ccccc2OCC(F)F)CCN1. The maximum atomic E-state index is 12.3. The highest BCUT2D eigenvalue weighted by atomic mass is 19.3. The molecular weight excluding hydrogens is 278 g/mol. The molecule has 1 aromatic carbocycles. The van der Waals surface area contributed by atoms with Crippen molar-refractivity contribution < 1.29 is 18.3 Å². The highest BCUT2D eigenvalue weighted by Gasteiger charge is 2.25. The second-order valence-electron chi connectivity index (χ2n) is 5.26. The van der Waals surface area contributed by atoms with Crippen LogP contribution in [0, 0.1) is 5.92 Å². The summed E-state index contributed by atoms with van der Waals surface area (Å²) in [5.74, 6) is 0.119. The van der Waals surface area contributed by atoms with E-state index in [1.807, 2.05) is 6.92 Å². The minimum Gasteiger partial charge on any atom is -0.485 e. The molecule has 1 aliphatic heterocycles. The van der Waals surface area contributed by atoms with Crippen molar-refractivity contribution in [2.24, 2.45) is 5.92 Å². The van der Waals surface area contributed by atoms with Gasteiger partial charge in [-0.2, -0.15) is 0 Å². The summed E-state index contributed by atoms with van der Waals surface area (Å²) >= 11 is 0. The third kappa shape index (κ3) is 4.67. The number of carbonyl (C=O) groups is 1. The molecule has 1 fully saturated rings. The van der Waals surface area contributed by atoms with Crippen LogP contribution in [0.3, 0.4) is 0 Å². The minimum absolute atomic E-state index is 0.0654. The van der Waals surface area contributed by atoms with Gasteiger partial charge in [0.05, 0.1) is 5.69 Å². The topological polar surface area (TPSA) is 50.4 Å². The first kappa shape index (κ1) is 15.7. The molecule has 1 aliphatic rings. The fraction of sp³-hybridized carbons (Fsp3) is 0.533. The second-order valence-corrected chi connectivity index (χ2v) is 5.26. The summed E-state index contributed by atoms with van der Waals surface area (Å²) in [6.45, 7) is 2.17. The lowest BCUT2D eigenvalue weighted by molar-refractivity contribution is -0.120. The van der Waals surface area contributed by atoms with E-state index in [0.717, 1.165) is 19.4 Å². The number of nitrogens with one attached hydrogen (secondary N) is 2. The highest BCUT2D eigenvalue weighted by Crippen LogP contribution is 2.26. The maximum Gasteiger partial charge on any atom is 0.272 e. The van der Waals surface area contributed by atoms with Gasteiger partial charge in [0.15, 0.2) is 0 Å². The van der Waals surface area contributed by atoms with Crippen molar-refractivity contribution in [2.45, 2.75) is 32.2 Å². The Morgan fingerprint density at radius 2 is 2.24 bits per heavy atom. The van der Waals surface area contributed by atoms with Crippen molar-refractivity contribution >= 4 is 11.6 Å². The molecule has 1 heterocycles. The Morgan fingerprint density at radius 1 is 1.48 bits per heavy atom. The number of ether oxygens (including phenoxy) is 1. The summed E-state index contributed by atoms with van der Waals surface area (Å²) in [4.78, 5) is 12.3. The summed E-state index contributed by atoms with van der Waals surface area (Å²) in [5, 5.41) is 6.07. The molecule has 1 amide bonds. The molecule has 21 heavy (non-hydrogen) atoms. The summed E-state index contributed by atoms with van der Waals surface area (Å²) in [5.41, 5.74) is 0.439. The van der Waals surface area contributed by atoms with Crippen LogP contribution in [-0.2, 0) is 4.79 Å². The number of hydrogen-bond acceptors (Lipinski definition) is 3. The van der Waals surface area contributed by atoms with E-state index in [1.165, 1.54) is 0 Å². The molecule has 1 aromatic rings. The van der Waals surface area contributed by atoms with Gasteiger partial charge in [-0.05, 0) is 38.4 Å². The van der Waals surface area contributed by atoms with Crippen LogP contribution in [0.2, 0.25) is 0 Å². The van der Waals surface area contributed by atoms with Gasteiger partial charge in [0, 0.05) is 12.0 Å². The van der Waals surface area contributed by atoms with Crippen molar-refractivity contribution in [3.05, 3.63) is 24.3 Å². The van der Waals surface area contributed by atoms with Gasteiger partial charge < -0.3 is 15.4 Å². The largest absolute Gasteiger partial charge is 0.485 e. The lowest BCUT2D eigenvalue weighted by atomic mass is 9.92. The molecule has 2 N–H and O–H groups in total. The molecule has 116 valence electrons. The van der Waals surface area contributed by atoms with Crippen LogP contribution in [0.15, 0.2) is 24.3 Å². The third-order valence-electron chi connectivity index (χ3n) is 3.50. The Labute approximate surface area is 122 Å². The fourth-order valence-electron chi connectivity index (χ4n) is 2.45. The van der Waals surface area contributed by atoms with Crippen molar-refractivity contribution in [1.29, 1.82) is 0 Å². The molecule has 0 spiro atoms. The molecule has 0 aromatic heterocycles. The Balaban J connectivity index is 1.99. The first-order chi connectivity index (χ1) is 10.1. The zero-order chi connectivity index (χ0) is 15.2. The fourth-order valence-corrected chi connectivity index (χ4v) is 2.45.